The predicted octanol–water partition coefficient (Wildman–Crippen LogP) is 2.22. The lowest BCUT2D eigenvalue weighted by molar-refractivity contribution is -0.130. The highest BCUT2D eigenvalue weighted by Crippen LogP contribution is 2.43. The van der Waals surface area contributed by atoms with Gasteiger partial charge in [0.25, 0.3) is 0 Å². The molecule has 0 aromatic rings. The first-order valence-electron chi connectivity index (χ1n) is 7.31. The zero-order valence-electron chi connectivity index (χ0n) is 11.4. The number of thioether (sulfide) groups is 1. The molecule has 1 spiro atoms. The van der Waals surface area contributed by atoms with Crippen molar-refractivity contribution in [3.05, 3.63) is 0 Å². The molecule has 0 aromatic carbocycles. The first-order chi connectivity index (χ1) is 8.61. The summed E-state index contributed by atoms with van der Waals surface area (Å²) in [5.41, 5.74) is -0.136. The largest absolute Gasteiger partial charge is 0.324 e. The maximum Gasteiger partial charge on any atom is 0.244 e. The molecule has 102 valence electrons. The molecule has 1 aliphatic carbocycles. The van der Waals surface area contributed by atoms with Crippen LogP contribution in [0.3, 0.4) is 0 Å². The second-order valence-corrected chi connectivity index (χ2v) is 7.87. The van der Waals surface area contributed by atoms with Crippen LogP contribution in [0.25, 0.3) is 0 Å². The topological polar surface area (TPSA) is 32.3 Å². The molecule has 2 atom stereocenters. The van der Waals surface area contributed by atoms with E-state index in [0.29, 0.717) is 23.2 Å². The van der Waals surface area contributed by atoms with Crippen molar-refractivity contribution in [1.82, 2.24) is 10.2 Å². The van der Waals surface area contributed by atoms with E-state index in [4.69, 9.17) is 0 Å². The maximum atomic E-state index is 12.5. The van der Waals surface area contributed by atoms with Gasteiger partial charge in [0.2, 0.25) is 5.91 Å². The standard InChI is InChI=1S/C14H24N2OS/c1-10(2)8-12-15-14(5-6-14)13(17)16(12)9-11-4-3-7-18-11/h10-12,15H,3-9H2,1-2H3. The van der Waals surface area contributed by atoms with E-state index in [1.807, 2.05) is 0 Å². The van der Waals surface area contributed by atoms with Crippen molar-refractivity contribution in [2.75, 3.05) is 12.3 Å². The van der Waals surface area contributed by atoms with Crippen molar-refractivity contribution >= 4 is 17.7 Å². The van der Waals surface area contributed by atoms with Crippen LogP contribution in [0.15, 0.2) is 0 Å². The molecule has 0 radical (unpaired) electrons. The van der Waals surface area contributed by atoms with Crippen LogP contribution < -0.4 is 5.32 Å². The highest BCUT2D eigenvalue weighted by molar-refractivity contribution is 8.00. The van der Waals surface area contributed by atoms with E-state index in [1.54, 1.807) is 0 Å². The molecule has 0 bridgehead atoms. The first kappa shape index (κ1) is 12.8. The quantitative estimate of drug-likeness (QED) is 0.848. The van der Waals surface area contributed by atoms with Crippen LogP contribution in [0, 0.1) is 5.92 Å². The van der Waals surface area contributed by atoms with Crippen LogP contribution in [0.5, 0.6) is 0 Å². The summed E-state index contributed by atoms with van der Waals surface area (Å²) in [6.45, 7) is 5.45. The summed E-state index contributed by atoms with van der Waals surface area (Å²) in [7, 11) is 0. The molecule has 1 N–H and O–H groups in total. The lowest BCUT2D eigenvalue weighted by atomic mass is 10.1. The Morgan fingerprint density at radius 3 is 2.83 bits per heavy atom. The van der Waals surface area contributed by atoms with Crippen LogP contribution in [-0.2, 0) is 4.79 Å². The molecule has 2 aliphatic heterocycles. The van der Waals surface area contributed by atoms with Gasteiger partial charge >= 0.3 is 0 Å². The third-order valence-electron chi connectivity index (χ3n) is 4.36. The fourth-order valence-electron chi connectivity index (χ4n) is 3.21. The first-order valence-corrected chi connectivity index (χ1v) is 8.36. The summed E-state index contributed by atoms with van der Waals surface area (Å²) in [5.74, 6) is 2.31. The van der Waals surface area contributed by atoms with Gasteiger partial charge in [0, 0.05) is 11.8 Å². The van der Waals surface area contributed by atoms with Crippen molar-refractivity contribution in [3.8, 4) is 0 Å². The van der Waals surface area contributed by atoms with Gasteiger partial charge in [-0.1, -0.05) is 13.8 Å². The minimum atomic E-state index is -0.136. The van der Waals surface area contributed by atoms with Gasteiger partial charge in [0.05, 0.1) is 11.7 Å². The van der Waals surface area contributed by atoms with Crippen LogP contribution in [-0.4, -0.2) is 40.1 Å². The van der Waals surface area contributed by atoms with Crippen molar-refractivity contribution in [2.24, 2.45) is 5.92 Å². The Bertz CT molecular complexity index is 335. The normalized spacial score (nSPS) is 33.9. The highest BCUT2D eigenvalue weighted by Gasteiger charge is 2.59. The molecule has 3 fully saturated rings. The lowest BCUT2D eigenvalue weighted by Crippen LogP contribution is -2.41. The number of amides is 1. The molecule has 3 rings (SSSR count). The Hall–Kier alpha value is -0.220. The molecule has 2 heterocycles. The summed E-state index contributed by atoms with van der Waals surface area (Å²) in [5, 5.41) is 4.29. The van der Waals surface area contributed by atoms with Gasteiger partial charge in [-0.05, 0) is 43.8 Å². The van der Waals surface area contributed by atoms with Crippen molar-refractivity contribution in [3.63, 3.8) is 0 Å². The number of carbonyl (C=O) groups is 1. The Labute approximate surface area is 114 Å². The number of carbonyl (C=O) groups excluding carboxylic acids is 1. The molecule has 18 heavy (non-hydrogen) atoms. The van der Waals surface area contributed by atoms with Gasteiger partial charge in [0.15, 0.2) is 0 Å². The van der Waals surface area contributed by atoms with Crippen LogP contribution in [0.4, 0.5) is 0 Å². The number of nitrogens with one attached hydrogen (secondary N) is 1. The zero-order valence-corrected chi connectivity index (χ0v) is 12.3. The molecule has 1 amide bonds. The number of hydrogen-bond acceptors (Lipinski definition) is 3. The minimum absolute atomic E-state index is 0.136. The maximum absolute atomic E-state index is 12.5. The summed E-state index contributed by atoms with van der Waals surface area (Å²) in [6.07, 6.45) is 6.09. The van der Waals surface area contributed by atoms with E-state index in [9.17, 15) is 4.79 Å². The Balaban J connectivity index is 1.68. The van der Waals surface area contributed by atoms with Crippen molar-refractivity contribution in [1.29, 1.82) is 0 Å². The molecule has 2 saturated heterocycles. The van der Waals surface area contributed by atoms with Crippen molar-refractivity contribution < 1.29 is 4.79 Å². The predicted molar refractivity (Wildman–Crippen MR) is 75.5 cm³/mol. The fourth-order valence-corrected chi connectivity index (χ4v) is 4.47. The van der Waals surface area contributed by atoms with E-state index in [0.717, 1.165) is 25.8 Å². The summed E-state index contributed by atoms with van der Waals surface area (Å²) < 4.78 is 0. The molecular weight excluding hydrogens is 244 g/mol. The second kappa shape index (κ2) is 4.71. The van der Waals surface area contributed by atoms with E-state index >= 15 is 0 Å². The molecule has 3 nitrogen and oxygen atoms in total. The molecule has 2 unspecified atom stereocenters. The molecular formula is C14H24N2OS. The van der Waals surface area contributed by atoms with Gasteiger partial charge in [-0.3, -0.25) is 10.1 Å². The van der Waals surface area contributed by atoms with E-state index in [2.05, 4.69) is 35.8 Å². The van der Waals surface area contributed by atoms with Crippen LogP contribution in [0.1, 0.15) is 46.0 Å². The molecule has 4 heteroatoms. The van der Waals surface area contributed by atoms with Crippen LogP contribution >= 0.6 is 11.8 Å². The monoisotopic (exact) mass is 268 g/mol. The number of hydrogen-bond donors (Lipinski definition) is 1. The molecule has 3 aliphatic rings. The summed E-state index contributed by atoms with van der Waals surface area (Å²) in [6, 6.07) is 0. The second-order valence-electron chi connectivity index (χ2n) is 6.46. The zero-order chi connectivity index (χ0) is 12.8. The average molecular weight is 268 g/mol. The number of rotatable bonds is 4. The third-order valence-corrected chi connectivity index (χ3v) is 5.74. The van der Waals surface area contributed by atoms with Gasteiger partial charge < -0.3 is 4.90 Å². The van der Waals surface area contributed by atoms with Crippen LogP contribution in [0.2, 0.25) is 0 Å². The Morgan fingerprint density at radius 1 is 1.50 bits per heavy atom. The molecule has 0 aromatic heterocycles. The smallest absolute Gasteiger partial charge is 0.244 e. The fraction of sp³-hybridized carbons (Fsp3) is 0.929. The summed E-state index contributed by atoms with van der Waals surface area (Å²) >= 11 is 2.05. The SMILES string of the molecule is CC(C)CC1NC2(CC2)C(=O)N1CC1CCCS1. The molecule has 1 saturated carbocycles. The van der Waals surface area contributed by atoms with Gasteiger partial charge in [-0.25, -0.2) is 0 Å². The van der Waals surface area contributed by atoms with E-state index in [1.165, 1.54) is 18.6 Å². The van der Waals surface area contributed by atoms with Gasteiger partial charge in [-0.15, -0.1) is 0 Å². The Morgan fingerprint density at radius 2 is 2.28 bits per heavy atom. The van der Waals surface area contributed by atoms with Gasteiger partial charge in [-0.2, -0.15) is 11.8 Å². The highest BCUT2D eigenvalue weighted by atomic mass is 32.2. The van der Waals surface area contributed by atoms with E-state index < -0.39 is 0 Å². The lowest BCUT2D eigenvalue weighted by Gasteiger charge is -2.27. The number of nitrogens with zero attached hydrogens (tertiary/aromatic N) is 1. The van der Waals surface area contributed by atoms with Gasteiger partial charge in [0.1, 0.15) is 0 Å². The van der Waals surface area contributed by atoms with Crippen molar-refractivity contribution in [2.45, 2.75) is 62.9 Å². The minimum Gasteiger partial charge on any atom is -0.324 e. The summed E-state index contributed by atoms with van der Waals surface area (Å²) in [4.78, 5) is 14.7. The average Bonchev–Trinajstić information content (AvgIpc) is 2.82. The third kappa shape index (κ3) is 2.29. The van der Waals surface area contributed by atoms with E-state index in [-0.39, 0.29) is 5.54 Å². The Kier molecular flexibility index (Phi) is 3.35.